The summed E-state index contributed by atoms with van der Waals surface area (Å²) in [5, 5.41) is 3.08. The Bertz CT molecular complexity index is 1160. The zero-order valence-electron chi connectivity index (χ0n) is 16.6. The number of amides is 2. The number of ether oxygens (including phenoxy) is 1. The van der Waals surface area contributed by atoms with Crippen LogP contribution in [-0.4, -0.2) is 24.4 Å². The lowest BCUT2D eigenvalue weighted by Crippen LogP contribution is -2.22. The average molecular weight is 453 g/mol. The Morgan fingerprint density at radius 1 is 1.06 bits per heavy atom. The maximum atomic E-state index is 12.2. The topological polar surface area (TPSA) is 98.5 Å². The first-order chi connectivity index (χ1) is 15.0. The second-order valence-electron chi connectivity index (χ2n) is 6.98. The van der Waals surface area contributed by atoms with E-state index >= 15 is 0 Å². The molecule has 0 saturated heterocycles. The van der Waals surface area contributed by atoms with Crippen LogP contribution in [0, 0.1) is 0 Å². The number of anilines is 1. The van der Waals surface area contributed by atoms with Gasteiger partial charge in [0.15, 0.2) is 6.61 Å². The SMILES string of the molecule is NC(=O)c1c(NC(=O)COC(=O)/C=C/c2ccc(-c3ccccc3)s2)sc2c1CCC2. The molecule has 1 aliphatic carbocycles. The van der Waals surface area contributed by atoms with Crippen molar-refractivity contribution in [2.45, 2.75) is 19.3 Å². The third kappa shape index (κ3) is 4.92. The molecular weight excluding hydrogens is 432 g/mol. The summed E-state index contributed by atoms with van der Waals surface area (Å²) in [7, 11) is 0. The van der Waals surface area contributed by atoms with Crippen molar-refractivity contribution in [3.05, 3.63) is 69.4 Å². The highest BCUT2D eigenvalue weighted by Gasteiger charge is 2.26. The zero-order valence-corrected chi connectivity index (χ0v) is 18.2. The highest BCUT2D eigenvalue weighted by atomic mass is 32.1. The zero-order chi connectivity index (χ0) is 21.8. The predicted octanol–water partition coefficient (Wildman–Crippen LogP) is 4.26. The maximum absolute atomic E-state index is 12.2. The van der Waals surface area contributed by atoms with Crippen LogP contribution in [0.3, 0.4) is 0 Å². The van der Waals surface area contributed by atoms with E-state index < -0.39 is 24.4 Å². The van der Waals surface area contributed by atoms with Crippen LogP contribution in [0.25, 0.3) is 16.5 Å². The van der Waals surface area contributed by atoms with E-state index in [1.54, 1.807) is 17.4 Å². The summed E-state index contributed by atoms with van der Waals surface area (Å²) in [6.45, 7) is -0.441. The van der Waals surface area contributed by atoms with Gasteiger partial charge in [-0.3, -0.25) is 9.59 Å². The van der Waals surface area contributed by atoms with Crippen LogP contribution in [0.2, 0.25) is 0 Å². The number of carbonyl (C=O) groups excluding carboxylic acids is 3. The number of hydrogen-bond donors (Lipinski definition) is 2. The second-order valence-corrected chi connectivity index (χ2v) is 9.20. The number of hydrogen-bond acceptors (Lipinski definition) is 6. The molecular formula is C23H20N2O4S2. The summed E-state index contributed by atoms with van der Waals surface area (Å²) in [6.07, 6.45) is 5.60. The van der Waals surface area contributed by atoms with Gasteiger partial charge in [-0.1, -0.05) is 30.3 Å². The van der Waals surface area contributed by atoms with E-state index in [2.05, 4.69) is 5.32 Å². The van der Waals surface area contributed by atoms with Gasteiger partial charge in [-0.05, 0) is 48.6 Å². The Kier molecular flexibility index (Phi) is 6.29. The molecule has 0 radical (unpaired) electrons. The fourth-order valence-electron chi connectivity index (χ4n) is 3.45. The lowest BCUT2D eigenvalue weighted by Gasteiger charge is -2.06. The quantitative estimate of drug-likeness (QED) is 0.413. The minimum Gasteiger partial charge on any atom is -0.452 e. The molecule has 2 amide bonds. The Balaban J connectivity index is 1.31. The van der Waals surface area contributed by atoms with Crippen LogP contribution in [0.5, 0.6) is 0 Å². The van der Waals surface area contributed by atoms with Gasteiger partial charge in [-0.2, -0.15) is 0 Å². The molecule has 2 aromatic heterocycles. The van der Waals surface area contributed by atoms with Crippen LogP contribution in [0.1, 0.15) is 32.1 Å². The third-order valence-corrected chi connectivity index (χ3v) is 7.14. The normalized spacial score (nSPS) is 12.6. The van der Waals surface area contributed by atoms with Crippen LogP contribution in [0.4, 0.5) is 5.00 Å². The summed E-state index contributed by atoms with van der Waals surface area (Å²) in [5.74, 6) is -1.68. The van der Waals surface area contributed by atoms with Gasteiger partial charge >= 0.3 is 5.97 Å². The predicted molar refractivity (Wildman–Crippen MR) is 123 cm³/mol. The van der Waals surface area contributed by atoms with Crippen molar-refractivity contribution in [3.8, 4) is 10.4 Å². The summed E-state index contributed by atoms with van der Waals surface area (Å²) in [5.41, 5.74) is 7.91. The number of thiophene rings is 2. The number of esters is 1. The highest BCUT2D eigenvalue weighted by Crippen LogP contribution is 2.38. The number of rotatable bonds is 7. The molecule has 0 saturated carbocycles. The maximum Gasteiger partial charge on any atom is 0.331 e. The first-order valence-electron chi connectivity index (χ1n) is 9.75. The molecule has 1 aliphatic rings. The fraction of sp³-hybridized carbons (Fsp3) is 0.174. The first-order valence-corrected chi connectivity index (χ1v) is 11.4. The molecule has 8 heteroatoms. The molecule has 1 aromatic carbocycles. The molecule has 0 fully saturated rings. The second kappa shape index (κ2) is 9.28. The van der Waals surface area contributed by atoms with Crippen molar-refractivity contribution < 1.29 is 19.1 Å². The average Bonchev–Trinajstić information content (AvgIpc) is 3.47. The van der Waals surface area contributed by atoms with Crippen LogP contribution >= 0.6 is 22.7 Å². The smallest absolute Gasteiger partial charge is 0.331 e. The number of aryl methyl sites for hydroxylation is 1. The molecule has 3 N–H and O–H groups in total. The number of carbonyl (C=O) groups is 3. The van der Waals surface area contributed by atoms with Crippen molar-refractivity contribution >= 4 is 51.5 Å². The van der Waals surface area contributed by atoms with Gasteiger partial charge in [0, 0.05) is 20.7 Å². The van der Waals surface area contributed by atoms with Gasteiger partial charge < -0.3 is 15.8 Å². The molecule has 0 unspecified atom stereocenters. The monoisotopic (exact) mass is 452 g/mol. The molecule has 0 atom stereocenters. The van der Waals surface area contributed by atoms with Crippen LogP contribution in [-0.2, 0) is 27.2 Å². The Morgan fingerprint density at radius 2 is 1.87 bits per heavy atom. The van der Waals surface area contributed by atoms with Crippen LogP contribution < -0.4 is 11.1 Å². The molecule has 3 aromatic rings. The summed E-state index contributed by atoms with van der Waals surface area (Å²) in [4.78, 5) is 39.0. The Morgan fingerprint density at radius 3 is 2.65 bits per heavy atom. The van der Waals surface area contributed by atoms with E-state index in [0.29, 0.717) is 10.6 Å². The molecule has 31 heavy (non-hydrogen) atoms. The lowest BCUT2D eigenvalue weighted by atomic mass is 10.1. The number of benzene rings is 1. The van der Waals surface area contributed by atoms with E-state index in [9.17, 15) is 14.4 Å². The van der Waals surface area contributed by atoms with Gasteiger partial charge in [-0.15, -0.1) is 22.7 Å². The number of fused-ring (bicyclic) bond motifs is 1. The summed E-state index contributed by atoms with van der Waals surface area (Å²) in [6, 6.07) is 13.9. The number of primary amides is 1. The lowest BCUT2D eigenvalue weighted by molar-refractivity contribution is -0.142. The van der Waals surface area contributed by atoms with Gasteiger partial charge in [-0.25, -0.2) is 4.79 Å². The van der Waals surface area contributed by atoms with E-state index in [1.807, 2.05) is 42.5 Å². The molecule has 158 valence electrons. The van der Waals surface area contributed by atoms with Gasteiger partial charge in [0.05, 0.1) is 5.56 Å². The minimum atomic E-state index is -0.617. The van der Waals surface area contributed by atoms with Crippen molar-refractivity contribution in [1.29, 1.82) is 0 Å². The van der Waals surface area contributed by atoms with Crippen molar-refractivity contribution in [1.82, 2.24) is 0 Å². The van der Waals surface area contributed by atoms with E-state index in [1.165, 1.54) is 17.4 Å². The Labute approximate surface area is 187 Å². The van der Waals surface area contributed by atoms with Gasteiger partial charge in [0.25, 0.3) is 11.8 Å². The molecule has 0 spiro atoms. The Hall–Kier alpha value is -3.23. The molecule has 6 nitrogen and oxygen atoms in total. The van der Waals surface area contributed by atoms with E-state index in [-0.39, 0.29) is 0 Å². The van der Waals surface area contributed by atoms with E-state index in [4.69, 9.17) is 10.5 Å². The standard InChI is InChI=1S/C23H20N2O4S2/c24-22(28)21-16-7-4-8-18(16)31-23(21)25-19(26)13-29-20(27)12-10-15-9-11-17(30-15)14-5-2-1-3-6-14/h1-3,5-6,9-12H,4,7-8,13H2,(H2,24,28)(H,25,26)/b12-10+. The van der Waals surface area contributed by atoms with Crippen molar-refractivity contribution in [2.75, 3.05) is 11.9 Å². The van der Waals surface area contributed by atoms with Crippen molar-refractivity contribution in [3.63, 3.8) is 0 Å². The van der Waals surface area contributed by atoms with Crippen LogP contribution in [0.15, 0.2) is 48.5 Å². The highest BCUT2D eigenvalue weighted by molar-refractivity contribution is 7.17. The third-order valence-electron chi connectivity index (χ3n) is 4.83. The molecule has 4 rings (SSSR count). The summed E-state index contributed by atoms with van der Waals surface area (Å²) >= 11 is 2.92. The largest absolute Gasteiger partial charge is 0.452 e. The fourth-order valence-corrected chi connectivity index (χ4v) is 5.68. The minimum absolute atomic E-state index is 0.379. The number of nitrogens with one attached hydrogen (secondary N) is 1. The molecule has 2 heterocycles. The van der Waals surface area contributed by atoms with Crippen molar-refractivity contribution in [2.24, 2.45) is 5.73 Å². The first kappa shape index (κ1) is 21.0. The molecule has 0 aliphatic heterocycles. The van der Waals surface area contributed by atoms with E-state index in [0.717, 1.165) is 45.0 Å². The van der Waals surface area contributed by atoms with Gasteiger partial charge in [0.1, 0.15) is 5.00 Å². The summed E-state index contributed by atoms with van der Waals surface area (Å²) < 4.78 is 5.02. The number of nitrogens with two attached hydrogens (primary N) is 1. The molecule has 0 bridgehead atoms. The van der Waals surface area contributed by atoms with Gasteiger partial charge in [0.2, 0.25) is 0 Å².